The minimum Gasteiger partial charge on any atom is -0.456 e. The van der Waals surface area contributed by atoms with Gasteiger partial charge in [-0.2, -0.15) is 0 Å². The van der Waals surface area contributed by atoms with E-state index in [-0.39, 0.29) is 0 Å². The largest absolute Gasteiger partial charge is 0.456 e. The summed E-state index contributed by atoms with van der Waals surface area (Å²) in [6.45, 7) is 0. The van der Waals surface area contributed by atoms with Crippen molar-refractivity contribution in [1.29, 1.82) is 0 Å². The van der Waals surface area contributed by atoms with Crippen molar-refractivity contribution in [1.82, 2.24) is 4.57 Å². The van der Waals surface area contributed by atoms with E-state index in [1.807, 2.05) is 6.07 Å². The van der Waals surface area contributed by atoms with E-state index >= 15 is 0 Å². The van der Waals surface area contributed by atoms with Crippen LogP contribution in [-0.2, 0) is 5.41 Å². The zero-order valence-electron chi connectivity index (χ0n) is 34.7. The molecule has 2 aliphatic carbocycles. The predicted molar refractivity (Wildman–Crippen MR) is 264 cm³/mol. The van der Waals surface area contributed by atoms with Crippen molar-refractivity contribution in [2.24, 2.45) is 0 Å². The first-order valence-electron chi connectivity index (χ1n) is 22.1. The molecule has 0 fully saturated rings. The Bertz CT molecular complexity index is 3820. The Labute approximate surface area is 370 Å². The molecule has 2 heterocycles. The first kappa shape index (κ1) is 35.2. The average Bonchev–Trinajstić information content (AvgIpc) is 4.09. The van der Waals surface area contributed by atoms with Gasteiger partial charge in [0.2, 0.25) is 0 Å². The van der Waals surface area contributed by atoms with Crippen LogP contribution < -0.4 is 4.90 Å². The van der Waals surface area contributed by atoms with Gasteiger partial charge in [0.25, 0.3) is 0 Å². The third kappa shape index (κ3) is 4.60. The van der Waals surface area contributed by atoms with E-state index in [2.05, 4.69) is 234 Å². The van der Waals surface area contributed by atoms with Crippen LogP contribution in [-0.4, -0.2) is 4.57 Å². The van der Waals surface area contributed by atoms with Gasteiger partial charge in [0.05, 0.1) is 33.5 Å². The molecule has 0 aliphatic heterocycles. The Hall–Kier alpha value is -8.40. The summed E-state index contributed by atoms with van der Waals surface area (Å²) in [4.78, 5) is 2.57. The van der Waals surface area contributed by atoms with Gasteiger partial charge in [0, 0.05) is 38.4 Å². The first-order valence-corrected chi connectivity index (χ1v) is 22.1. The normalized spacial score (nSPS) is 13.1. The minimum absolute atomic E-state index is 0.489. The summed E-state index contributed by atoms with van der Waals surface area (Å²) in [6, 6.07) is 84.6. The molecule has 0 bridgehead atoms. The van der Waals surface area contributed by atoms with Crippen LogP contribution >= 0.6 is 0 Å². The molecule has 1 spiro atoms. The van der Waals surface area contributed by atoms with Crippen molar-refractivity contribution in [3.8, 4) is 39.1 Å². The minimum atomic E-state index is -0.489. The molecule has 12 aromatic rings. The molecule has 2 aliphatic rings. The molecule has 0 saturated heterocycles. The fourth-order valence-electron chi connectivity index (χ4n) is 11.6. The smallest absolute Gasteiger partial charge is 0.136 e. The second-order valence-electron chi connectivity index (χ2n) is 17.1. The van der Waals surface area contributed by atoms with Crippen LogP contribution in [0, 0.1) is 0 Å². The number of hydrogen-bond donors (Lipinski definition) is 0. The fraction of sp³-hybridized carbons (Fsp3) is 0.0164. The van der Waals surface area contributed by atoms with Crippen LogP contribution in [0.3, 0.4) is 0 Å². The van der Waals surface area contributed by atoms with Crippen molar-refractivity contribution in [3.05, 3.63) is 253 Å². The highest BCUT2D eigenvalue weighted by Crippen LogP contribution is 2.65. The van der Waals surface area contributed by atoms with Crippen molar-refractivity contribution in [2.45, 2.75) is 5.41 Å². The number of para-hydroxylation sites is 4. The number of furan rings is 1. The zero-order valence-corrected chi connectivity index (χ0v) is 34.7. The molecular weight excluding hydrogens is 777 g/mol. The quantitative estimate of drug-likeness (QED) is 0.173. The van der Waals surface area contributed by atoms with Gasteiger partial charge in [-0.05, 0) is 99.1 Å². The van der Waals surface area contributed by atoms with E-state index < -0.39 is 5.41 Å². The summed E-state index contributed by atoms with van der Waals surface area (Å²) in [5.41, 5.74) is 20.7. The SMILES string of the molecule is c1ccc(-n2c3ccccc3c3c(N(c4ccccc4-c4cccc5oc6ccccc6c45)c4cccc5c4-c4ccccc4C54c5ccccc5-c5ccccc54)cccc32)cc1. The average molecular weight is 815 g/mol. The number of nitrogens with zero attached hydrogens (tertiary/aromatic N) is 2. The van der Waals surface area contributed by atoms with Crippen LogP contribution in [0.1, 0.15) is 22.3 Å². The maximum Gasteiger partial charge on any atom is 0.136 e. The Morgan fingerprint density at radius 1 is 0.328 bits per heavy atom. The van der Waals surface area contributed by atoms with E-state index in [0.29, 0.717) is 0 Å². The summed E-state index contributed by atoms with van der Waals surface area (Å²) in [5, 5.41) is 4.62. The molecule has 64 heavy (non-hydrogen) atoms. The summed E-state index contributed by atoms with van der Waals surface area (Å²) in [7, 11) is 0. The van der Waals surface area contributed by atoms with E-state index in [4.69, 9.17) is 4.42 Å². The molecule has 10 aromatic carbocycles. The lowest BCUT2D eigenvalue weighted by Gasteiger charge is -2.32. The summed E-state index contributed by atoms with van der Waals surface area (Å²) >= 11 is 0. The van der Waals surface area contributed by atoms with Gasteiger partial charge in [-0.1, -0.05) is 176 Å². The standard InChI is InChI=1S/C61H38N2O/c1-2-19-39(20-3-1)62-52-33-14-8-25-45(52)60-54(62)35-18-36-55(60)63(51-32-13-7-23-42(51)43-27-16-38-57-58(43)46-26-9-15-37-56(46)64-57)53-34-17-31-50-59(53)44-24-6-12-30-49(44)61(50)47-28-10-4-21-40(47)41-22-5-11-29-48(41)61/h1-38H. The Morgan fingerprint density at radius 3 is 1.64 bits per heavy atom. The molecule has 3 nitrogen and oxygen atoms in total. The molecule has 0 unspecified atom stereocenters. The monoisotopic (exact) mass is 814 g/mol. The maximum absolute atomic E-state index is 6.53. The number of aromatic nitrogens is 1. The Balaban J connectivity index is 1.13. The number of benzene rings is 10. The number of fused-ring (bicyclic) bond motifs is 16. The molecule has 0 amide bonds. The second kappa shape index (κ2) is 13.3. The highest BCUT2D eigenvalue weighted by atomic mass is 16.3. The van der Waals surface area contributed by atoms with E-state index in [1.54, 1.807) is 0 Å². The van der Waals surface area contributed by atoms with Gasteiger partial charge in [-0.15, -0.1) is 0 Å². The molecule has 0 saturated carbocycles. The van der Waals surface area contributed by atoms with Crippen LogP contribution in [0.2, 0.25) is 0 Å². The van der Waals surface area contributed by atoms with E-state index in [9.17, 15) is 0 Å². The molecule has 298 valence electrons. The molecule has 3 heteroatoms. The van der Waals surface area contributed by atoms with Crippen LogP contribution in [0.5, 0.6) is 0 Å². The van der Waals surface area contributed by atoms with E-state index in [1.165, 1.54) is 60.8 Å². The summed E-state index contributed by atoms with van der Waals surface area (Å²) < 4.78 is 8.95. The third-order valence-corrected chi connectivity index (χ3v) is 14.0. The fourth-order valence-corrected chi connectivity index (χ4v) is 11.6. The molecule has 0 radical (unpaired) electrons. The molecule has 14 rings (SSSR count). The highest BCUT2D eigenvalue weighted by Gasteiger charge is 2.52. The van der Waals surface area contributed by atoms with Crippen molar-refractivity contribution in [2.75, 3.05) is 4.90 Å². The number of rotatable bonds is 5. The number of hydrogen-bond acceptors (Lipinski definition) is 2. The Morgan fingerprint density at radius 2 is 0.844 bits per heavy atom. The van der Waals surface area contributed by atoms with Gasteiger partial charge in [-0.3, -0.25) is 0 Å². The summed E-state index contributed by atoms with van der Waals surface area (Å²) in [6.07, 6.45) is 0. The predicted octanol–water partition coefficient (Wildman–Crippen LogP) is 16.2. The lowest BCUT2D eigenvalue weighted by molar-refractivity contribution is 0.669. The lowest BCUT2D eigenvalue weighted by atomic mass is 9.70. The second-order valence-corrected chi connectivity index (χ2v) is 17.1. The van der Waals surface area contributed by atoms with Gasteiger partial charge in [0.15, 0.2) is 0 Å². The zero-order chi connectivity index (χ0) is 41.9. The lowest BCUT2D eigenvalue weighted by Crippen LogP contribution is -2.26. The van der Waals surface area contributed by atoms with Gasteiger partial charge < -0.3 is 13.9 Å². The molecular formula is C61H38N2O. The summed E-state index contributed by atoms with van der Waals surface area (Å²) in [5.74, 6) is 0. The van der Waals surface area contributed by atoms with E-state index in [0.717, 1.165) is 61.3 Å². The Kier molecular flexibility index (Phi) is 7.32. The molecule has 2 aromatic heterocycles. The maximum atomic E-state index is 6.53. The molecule has 0 atom stereocenters. The van der Waals surface area contributed by atoms with Gasteiger partial charge >= 0.3 is 0 Å². The third-order valence-electron chi connectivity index (χ3n) is 14.0. The topological polar surface area (TPSA) is 21.3 Å². The molecule has 0 N–H and O–H groups in total. The number of anilines is 3. The first-order chi connectivity index (χ1) is 31.8. The van der Waals surface area contributed by atoms with Crippen LogP contribution in [0.15, 0.2) is 235 Å². The van der Waals surface area contributed by atoms with Crippen molar-refractivity contribution in [3.63, 3.8) is 0 Å². The highest BCUT2D eigenvalue weighted by molar-refractivity contribution is 6.19. The van der Waals surface area contributed by atoms with Crippen molar-refractivity contribution >= 4 is 60.8 Å². The van der Waals surface area contributed by atoms with Crippen LogP contribution in [0.4, 0.5) is 17.1 Å². The van der Waals surface area contributed by atoms with Crippen LogP contribution in [0.25, 0.3) is 82.8 Å². The van der Waals surface area contributed by atoms with Crippen molar-refractivity contribution < 1.29 is 4.42 Å². The van der Waals surface area contributed by atoms with Gasteiger partial charge in [-0.25, -0.2) is 0 Å². The van der Waals surface area contributed by atoms with Gasteiger partial charge in [0.1, 0.15) is 11.2 Å².